The molecule has 0 bridgehead atoms. The Morgan fingerprint density at radius 3 is 2.56 bits per heavy atom. The number of thioether (sulfide) groups is 1. The molecule has 0 atom stereocenters. The van der Waals surface area contributed by atoms with Gasteiger partial charge in [0.1, 0.15) is 0 Å². The van der Waals surface area contributed by atoms with E-state index in [1.807, 2.05) is 6.92 Å². The fraction of sp³-hybridized carbons (Fsp3) is 0.333. The number of carbonyl (C=O) groups excluding carboxylic acids is 2. The highest BCUT2D eigenvalue weighted by Crippen LogP contribution is 2.39. The van der Waals surface area contributed by atoms with Crippen molar-refractivity contribution < 1.29 is 9.59 Å². The van der Waals surface area contributed by atoms with Crippen LogP contribution in [0, 0.1) is 0 Å². The van der Waals surface area contributed by atoms with Gasteiger partial charge in [-0.1, -0.05) is 30.1 Å². The summed E-state index contributed by atoms with van der Waals surface area (Å²) < 4.78 is 0. The van der Waals surface area contributed by atoms with Crippen molar-refractivity contribution in [2.45, 2.75) is 6.92 Å². The zero-order chi connectivity index (χ0) is 13.3. The van der Waals surface area contributed by atoms with Gasteiger partial charge in [0.05, 0.1) is 21.3 Å². The van der Waals surface area contributed by atoms with E-state index in [-0.39, 0.29) is 10.6 Å². The summed E-state index contributed by atoms with van der Waals surface area (Å²) >= 11 is 13.7. The van der Waals surface area contributed by atoms with Gasteiger partial charge in [0.15, 0.2) is 0 Å². The Hall–Kier alpha value is -0.710. The lowest BCUT2D eigenvalue weighted by Crippen LogP contribution is -2.31. The number of rotatable bonds is 4. The van der Waals surface area contributed by atoms with E-state index in [1.54, 1.807) is 17.8 Å². The van der Waals surface area contributed by atoms with Gasteiger partial charge in [-0.15, -0.1) is 0 Å². The van der Waals surface area contributed by atoms with Crippen LogP contribution in [0.1, 0.15) is 17.3 Å². The Bertz CT molecular complexity index is 519. The molecule has 0 spiro atoms. The van der Waals surface area contributed by atoms with Crippen LogP contribution in [0.2, 0.25) is 10.0 Å². The molecule has 0 unspecified atom stereocenters. The number of hydrogen-bond acceptors (Lipinski definition) is 3. The third kappa shape index (κ3) is 2.25. The molecule has 0 N–H and O–H groups in total. The monoisotopic (exact) mass is 303 g/mol. The topological polar surface area (TPSA) is 37.4 Å². The number of halogens is 2. The van der Waals surface area contributed by atoms with Gasteiger partial charge < -0.3 is 4.90 Å². The highest BCUT2D eigenvalue weighted by Gasteiger charge is 2.38. The molecule has 1 aliphatic heterocycles. The second kappa shape index (κ2) is 5.51. The maximum atomic E-state index is 11.9. The summed E-state index contributed by atoms with van der Waals surface area (Å²) in [6, 6.07) is 3.15. The van der Waals surface area contributed by atoms with Crippen LogP contribution in [0.4, 0.5) is 5.69 Å². The van der Waals surface area contributed by atoms with Gasteiger partial charge in [-0.05, 0) is 17.9 Å². The fourth-order valence-electron chi connectivity index (χ4n) is 1.87. The molecule has 0 fully saturated rings. The molecule has 0 aliphatic carbocycles. The number of carbonyl (C=O) groups is 2. The highest BCUT2D eigenvalue weighted by atomic mass is 35.5. The number of anilines is 1. The van der Waals surface area contributed by atoms with E-state index in [2.05, 4.69) is 0 Å². The van der Waals surface area contributed by atoms with E-state index in [1.165, 1.54) is 11.0 Å². The molecule has 1 aromatic carbocycles. The summed E-state index contributed by atoms with van der Waals surface area (Å²) in [4.78, 5) is 25.2. The Labute approximate surface area is 119 Å². The molecule has 6 heteroatoms. The van der Waals surface area contributed by atoms with Crippen molar-refractivity contribution in [2.24, 2.45) is 0 Å². The van der Waals surface area contributed by atoms with Crippen molar-refractivity contribution in [1.29, 1.82) is 0 Å². The second-order valence-corrected chi connectivity index (χ2v) is 5.94. The largest absolute Gasteiger partial charge is 0.302 e. The van der Waals surface area contributed by atoms with Crippen LogP contribution in [0.15, 0.2) is 12.1 Å². The zero-order valence-corrected chi connectivity index (χ0v) is 12.0. The summed E-state index contributed by atoms with van der Waals surface area (Å²) in [6.45, 7) is 2.51. The van der Waals surface area contributed by atoms with Crippen LogP contribution in [-0.2, 0) is 4.79 Å². The molecule has 2 rings (SSSR count). The van der Waals surface area contributed by atoms with E-state index in [0.717, 1.165) is 11.5 Å². The SMILES string of the molecule is CCSCCN1C(=O)C(=O)c2c(Cl)ccc(Cl)c21. The molecular weight excluding hydrogens is 293 g/mol. The van der Waals surface area contributed by atoms with Crippen molar-refractivity contribution >= 4 is 52.3 Å². The van der Waals surface area contributed by atoms with Gasteiger partial charge in [0.2, 0.25) is 0 Å². The fourth-order valence-corrected chi connectivity index (χ4v) is 2.96. The van der Waals surface area contributed by atoms with Crippen LogP contribution < -0.4 is 4.90 Å². The van der Waals surface area contributed by atoms with Gasteiger partial charge in [-0.3, -0.25) is 9.59 Å². The lowest BCUT2D eigenvalue weighted by molar-refractivity contribution is -0.114. The van der Waals surface area contributed by atoms with Crippen molar-refractivity contribution in [1.82, 2.24) is 0 Å². The summed E-state index contributed by atoms with van der Waals surface area (Å²) in [5.74, 6) is 0.611. The first kappa shape index (κ1) is 13.7. The quantitative estimate of drug-likeness (QED) is 0.633. The van der Waals surface area contributed by atoms with E-state index in [4.69, 9.17) is 23.2 Å². The number of fused-ring (bicyclic) bond motifs is 1. The minimum atomic E-state index is -0.570. The van der Waals surface area contributed by atoms with Gasteiger partial charge in [0, 0.05) is 12.3 Å². The first-order chi connectivity index (χ1) is 8.57. The predicted octanol–water partition coefficient (Wildman–Crippen LogP) is 3.28. The number of nitrogens with zero attached hydrogens (tertiary/aromatic N) is 1. The molecule has 1 heterocycles. The van der Waals surface area contributed by atoms with Crippen molar-refractivity contribution in [3.8, 4) is 0 Å². The average Bonchev–Trinajstić information content (AvgIpc) is 2.60. The molecule has 1 amide bonds. The molecule has 0 saturated heterocycles. The number of Topliss-reactive ketones (excluding diaryl/α,β-unsaturated/α-hetero) is 1. The molecule has 1 aromatic rings. The zero-order valence-electron chi connectivity index (χ0n) is 9.70. The van der Waals surface area contributed by atoms with Crippen molar-refractivity contribution in [2.75, 3.05) is 23.0 Å². The number of hydrogen-bond donors (Lipinski definition) is 0. The smallest absolute Gasteiger partial charge is 0.299 e. The molecule has 0 aromatic heterocycles. The van der Waals surface area contributed by atoms with Gasteiger partial charge >= 0.3 is 0 Å². The first-order valence-corrected chi connectivity index (χ1v) is 7.41. The van der Waals surface area contributed by atoms with E-state index in [0.29, 0.717) is 17.3 Å². The van der Waals surface area contributed by atoms with Gasteiger partial charge in [0.25, 0.3) is 11.7 Å². The van der Waals surface area contributed by atoms with Crippen LogP contribution in [0.3, 0.4) is 0 Å². The van der Waals surface area contributed by atoms with Crippen LogP contribution in [0.25, 0.3) is 0 Å². The number of amides is 1. The van der Waals surface area contributed by atoms with Crippen LogP contribution in [-0.4, -0.2) is 29.7 Å². The molecule has 0 saturated carbocycles. The number of ketones is 1. The maximum absolute atomic E-state index is 11.9. The predicted molar refractivity (Wildman–Crippen MR) is 76.1 cm³/mol. The summed E-state index contributed by atoms with van der Waals surface area (Å²) in [6.07, 6.45) is 0. The molecule has 18 heavy (non-hydrogen) atoms. The summed E-state index contributed by atoms with van der Waals surface area (Å²) in [5.41, 5.74) is 0.687. The lowest BCUT2D eigenvalue weighted by Gasteiger charge is -2.17. The highest BCUT2D eigenvalue weighted by molar-refractivity contribution is 7.99. The Morgan fingerprint density at radius 2 is 1.89 bits per heavy atom. The summed E-state index contributed by atoms with van der Waals surface area (Å²) in [5, 5.41) is 0.661. The second-order valence-electron chi connectivity index (χ2n) is 3.74. The molecule has 0 radical (unpaired) electrons. The number of benzene rings is 1. The Balaban J connectivity index is 2.39. The molecular formula is C12H11Cl2NO2S. The Morgan fingerprint density at radius 1 is 1.22 bits per heavy atom. The van der Waals surface area contributed by atoms with Crippen molar-refractivity contribution in [3.63, 3.8) is 0 Å². The van der Waals surface area contributed by atoms with Crippen molar-refractivity contribution in [3.05, 3.63) is 27.7 Å². The molecule has 3 nitrogen and oxygen atoms in total. The lowest BCUT2D eigenvalue weighted by atomic mass is 10.1. The third-order valence-electron chi connectivity index (χ3n) is 2.68. The van der Waals surface area contributed by atoms with Gasteiger partial charge in [-0.25, -0.2) is 0 Å². The first-order valence-electron chi connectivity index (χ1n) is 5.49. The minimum Gasteiger partial charge on any atom is -0.302 e. The van der Waals surface area contributed by atoms with Gasteiger partial charge in [-0.2, -0.15) is 11.8 Å². The molecule has 1 aliphatic rings. The van der Waals surface area contributed by atoms with Crippen LogP contribution in [0.5, 0.6) is 0 Å². The average molecular weight is 304 g/mol. The third-order valence-corrected chi connectivity index (χ3v) is 4.18. The normalized spacial score (nSPS) is 14.3. The maximum Gasteiger partial charge on any atom is 0.299 e. The standard InChI is InChI=1S/C12H11Cl2NO2S/c1-2-18-6-5-15-10-8(14)4-3-7(13)9(10)11(16)12(15)17/h3-4H,2,5-6H2,1H3. The molecule has 96 valence electrons. The Kier molecular flexibility index (Phi) is 4.20. The summed E-state index contributed by atoms with van der Waals surface area (Å²) in [7, 11) is 0. The van der Waals surface area contributed by atoms with Crippen LogP contribution >= 0.6 is 35.0 Å². The van der Waals surface area contributed by atoms with E-state index >= 15 is 0 Å². The van der Waals surface area contributed by atoms with E-state index < -0.39 is 11.7 Å². The minimum absolute atomic E-state index is 0.232. The van der Waals surface area contributed by atoms with E-state index in [9.17, 15) is 9.59 Å².